The van der Waals surface area contributed by atoms with Crippen LogP contribution in [-0.4, -0.2) is 46.8 Å². The zero-order valence-electron chi connectivity index (χ0n) is 17.7. The number of pyridine rings is 1. The Hall–Kier alpha value is -3.63. The third-order valence-corrected chi connectivity index (χ3v) is 5.68. The fraction of sp³-hybridized carbons (Fsp3) is 0.304. The Bertz CT molecular complexity index is 1170. The third kappa shape index (κ3) is 4.97. The van der Waals surface area contributed by atoms with E-state index in [-0.39, 0.29) is 41.9 Å². The second-order valence-corrected chi connectivity index (χ2v) is 8.07. The molecule has 3 aromatic rings. The standard InChI is InChI=1S/C23H20F5N5O/c24-14-9-23(10-14,21-17(26)2-1-7-29-21)12-31-20-6-5-18(32-33-20)15-8-13(3-4-16(15)25)22(34)30-11-19(27)28/h1-8,14,19H,9-12H2,(H,30,34)(H,31,33). The lowest BCUT2D eigenvalue weighted by atomic mass is 9.65. The summed E-state index contributed by atoms with van der Waals surface area (Å²) < 4.78 is 66.9. The summed E-state index contributed by atoms with van der Waals surface area (Å²) in [5.41, 5.74) is -0.562. The number of anilines is 1. The minimum atomic E-state index is -2.71. The van der Waals surface area contributed by atoms with Gasteiger partial charge < -0.3 is 10.6 Å². The maximum Gasteiger partial charge on any atom is 0.255 e. The molecule has 1 fully saturated rings. The number of halogens is 5. The minimum Gasteiger partial charge on any atom is -0.368 e. The lowest BCUT2D eigenvalue weighted by Crippen LogP contribution is -2.49. The number of hydrogen-bond acceptors (Lipinski definition) is 5. The summed E-state index contributed by atoms with van der Waals surface area (Å²) in [6.45, 7) is -0.651. The molecule has 0 atom stereocenters. The monoisotopic (exact) mass is 477 g/mol. The molecule has 2 heterocycles. The summed E-state index contributed by atoms with van der Waals surface area (Å²) in [6, 6.07) is 9.13. The van der Waals surface area contributed by atoms with Crippen LogP contribution in [0.5, 0.6) is 0 Å². The van der Waals surface area contributed by atoms with Gasteiger partial charge in [0, 0.05) is 29.3 Å². The summed E-state index contributed by atoms with van der Waals surface area (Å²) in [5.74, 6) is -1.65. The Morgan fingerprint density at radius 3 is 2.53 bits per heavy atom. The van der Waals surface area contributed by atoms with Crippen LogP contribution in [0.3, 0.4) is 0 Å². The Morgan fingerprint density at radius 2 is 1.88 bits per heavy atom. The van der Waals surface area contributed by atoms with E-state index in [1.807, 2.05) is 0 Å². The van der Waals surface area contributed by atoms with Crippen molar-refractivity contribution in [2.75, 3.05) is 18.4 Å². The lowest BCUT2D eigenvalue weighted by molar-refractivity contribution is 0.0891. The van der Waals surface area contributed by atoms with Gasteiger partial charge in [0.25, 0.3) is 12.3 Å². The summed E-state index contributed by atoms with van der Waals surface area (Å²) in [6.07, 6.45) is -2.07. The largest absolute Gasteiger partial charge is 0.368 e. The Kier molecular flexibility index (Phi) is 6.71. The molecule has 0 radical (unpaired) electrons. The molecule has 178 valence electrons. The molecular weight excluding hydrogens is 457 g/mol. The van der Waals surface area contributed by atoms with Crippen molar-refractivity contribution < 1.29 is 26.7 Å². The van der Waals surface area contributed by atoms with Gasteiger partial charge in [-0.05, 0) is 55.3 Å². The molecule has 1 saturated carbocycles. The van der Waals surface area contributed by atoms with Gasteiger partial charge >= 0.3 is 0 Å². The number of aromatic nitrogens is 3. The van der Waals surface area contributed by atoms with E-state index < -0.39 is 42.1 Å². The van der Waals surface area contributed by atoms with E-state index in [1.165, 1.54) is 42.6 Å². The van der Waals surface area contributed by atoms with Gasteiger partial charge in [-0.2, -0.15) is 0 Å². The highest BCUT2D eigenvalue weighted by Gasteiger charge is 2.48. The first-order valence-corrected chi connectivity index (χ1v) is 10.5. The van der Waals surface area contributed by atoms with Gasteiger partial charge in [-0.3, -0.25) is 9.78 Å². The topological polar surface area (TPSA) is 79.8 Å². The van der Waals surface area contributed by atoms with Crippen molar-refractivity contribution in [3.8, 4) is 11.3 Å². The molecule has 0 aliphatic heterocycles. The number of rotatable bonds is 8. The van der Waals surface area contributed by atoms with Crippen molar-refractivity contribution >= 4 is 11.7 Å². The van der Waals surface area contributed by atoms with Crippen LogP contribution in [0.1, 0.15) is 28.9 Å². The molecule has 4 rings (SSSR count). The van der Waals surface area contributed by atoms with Crippen LogP contribution in [0.4, 0.5) is 27.8 Å². The highest BCUT2D eigenvalue weighted by atomic mass is 19.3. The molecule has 11 heteroatoms. The number of carbonyl (C=O) groups is 1. The molecule has 1 aromatic carbocycles. The molecule has 1 aliphatic carbocycles. The SMILES string of the molecule is O=C(NCC(F)F)c1ccc(F)c(-c2ccc(NCC3(c4ncccc4F)CC(F)C3)nn2)c1. The van der Waals surface area contributed by atoms with E-state index in [2.05, 4.69) is 25.8 Å². The molecule has 0 bridgehead atoms. The van der Waals surface area contributed by atoms with E-state index in [4.69, 9.17) is 0 Å². The fourth-order valence-electron chi connectivity index (χ4n) is 3.95. The smallest absolute Gasteiger partial charge is 0.255 e. The summed E-state index contributed by atoms with van der Waals surface area (Å²) >= 11 is 0. The Labute approximate surface area is 191 Å². The summed E-state index contributed by atoms with van der Waals surface area (Å²) in [5, 5.41) is 13.0. The first-order chi connectivity index (χ1) is 16.3. The van der Waals surface area contributed by atoms with E-state index in [9.17, 15) is 26.7 Å². The van der Waals surface area contributed by atoms with Gasteiger partial charge in [-0.15, -0.1) is 10.2 Å². The molecule has 2 aromatic heterocycles. The number of benzene rings is 1. The van der Waals surface area contributed by atoms with Gasteiger partial charge in [-0.1, -0.05) is 0 Å². The molecule has 6 nitrogen and oxygen atoms in total. The quantitative estimate of drug-likeness (QED) is 0.473. The second-order valence-electron chi connectivity index (χ2n) is 8.07. The Morgan fingerprint density at radius 1 is 1.09 bits per heavy atom. The number of nitrogens with one attached hydrogen (secondary N) is 2. The van der Waals surface area contributed by atoms with Gasteiger partial charge in [0.1, 0.15) is 23.6 Å². The normalized spacial score (nSPS) is 19.5. The number of nitrogens with zero attached hydrogens (tertiary/aromatic N) is 3. The maximum atomic E-state index is 14.3. The lowest BCUT2D eigenvalue weighted by Gasteiger charge is -2.44. The maximum absolute atomic E-state index is 14.3. The summed E-state index contributed by atoms with van der Waals surface area (Å²) in [4.78, 5) is 16.1. The molecule has 0 spiro atoms. The van der Waals surface area contributed by atoms with Gasteiger partial charge in [0.15, 0.2) is 0 Å². The average molecular weight is 477 g/mol. The molecule has 34 heavy (non-hydrogen) atoms. The van der Waals surface area contributed by atoms with Gasteiger partial charge in [-0.25, -0.2) is 22.0 Å². The van der Waals surface area contributed by atoms with Crippen molar-refractivity contribution in [3.05, 3.63) is 71.6 Å². The van der Waals surface area contributed by atoms with Crippen molar-refractivity contribution in [1.29, 1.82) is 0 Å². The number of hydrogen-bond donors (Lipinski definition) is 2. The average Bonchev–Trinajstić information content (AvgIpc) is 2.80. The molecule has 1 aliphatic rings. The number of carbonyl (C=O) groups excluding carboxylic acids is 1. The van der Waals surface area contributed by atoms with Crippen molar-refractivity contribution in [3.63, 3.8) is 0 Å². The third-order valence-electron chi connectivity index (χ3n) is 5.68. The molecule has 2 N–H and O–H groups in total. The summed E-state index contributed by atoms with van der Waals surface area (Å²) in [7, 11) is 0. The highest BCUT2D eigenvalue weighted by molar-refractivity contribution is 5.95. The van der Waals surface area contributed by atoms with E-state index in [1.54, 1.807) is 0 Å². The minimum absolute atomic E-state index is 0.00820. The molecular formula is C23H20F5N5O. The predicted molar refractivity (Wildman–Crippen MR) is 114 cm³/mol. The zero-order valence-corrected chi connectivity index (χ0v) is 17.7. The second kappa shape index (κ2) is 9.70. The van der Waals surface area contributed by atoms with Crippen LogP contribution in [0.2, 0.25) is 0 Å². The number of amides is 1. The first kappa shape index (κ1) is 23.5. The van der Waals surface area contributed by atoms with Crippen LogP contribution in [0, 0.1) is 11.6 Å². The predicted octanol–water partition coefficient (Wildman–Crippen LogP) is 4.29. The van der Waals surface area contributed by atoms with Gasteiger partial charge in [0.05, 0.1) is 17.9 Å². The van der Waals surface area contributed by atoms with Crippen LogP contribution < -0.4 is 10.6 Å². The van der Waals surface area contributed by atoms with Gasteiger partial charge in [0.2, 0.25) is 0 Å². The van der Waals surface area contributed by atoms with Crippen molar-refractivity contribution in [2.24, 2.45) is 0 Å². The molecule has 0 saturated heterocycles. The first-order valence-electron chi connectivity index (χ1n) is 10.5. The fourth-order valence-corrected chi connectivity index (χ4v) is 3.95. The Balaban J connectivity index is 1.48. The van der Waals surface area contributed by atoms with Crippen LogP contribution in [0.15, 0.2) is 48.7 Å². The zero-order chi connectivity index (χ0) is 24.3. The van der Waals surface area contributed by atoms with E-state index in [0.717, 1.165) is 6.07 Å². The van der Waals surface area contributed by atoms with Crippen LogP contribution in [-0.2, 0) is 5.41 Å². The van der Waals surface area contributed by atoms with E-state index in [0.29, 0.717) is 5.82 Å². The van der Waals surface area contributed by atoms with Crippen molar-refractivity contribution in [1.82, 2.24) is 20.5 Å². The highest BCUT2D eigenvalue weighted by Crippen LogP contribution is 2.45. The number of alkyl halides is 3. The molecule has 1 amide bonds. The van der Waals surface area contributed by atoms with Crippen LogP contribution in [0.25, 0.3) is 11.3 Å². The van der Waals surface area contributed by atoms with Crippen molar-refractivity contribution in [2.45, 2.75) is 30.9 Å². The molecule has 0 unspecified atom stereocenters. The van der Waals surface area contributed by atoms with Crippen LogP contribution >= 0.6 is 0 Å². The van der Waals surface area contributed by atoms with E-state index >= 15 is 0 Å².